The molecule has 0 radical (unpaired) electrons. The van der Waals surface area contributed by atoms with Gasteiger partial charge in [-0.1, -0.05) is 0 Å². The van der Waals surface area contributed by atoms with Crippen LogP contribution in [-0.2, 0) is 19.1 Å². The van der Waals surface area contributed by atoms with Gasteiger partial charge in [-0.15, -0.1) is 0 Å². The summed E-state index contributed by atoms with van der Waals surface area (Å²) in [6.07, 6.45) is -4.63. The van der Waals surface area contributed by atoms with E-state index in [0.29, 0.717) is 10.5 Å². The molecule has 0 aliphatic carbocycles. The molecule has 1 aromatic carbocycles. The Morgan fingerprint density at radius 3 is 2.56 bits per heavy atom. The quantitative estimate of drug-likeness (QED) is 0.671. The van der Waals surface area contributed by atoms with E-state index in [1.165, 1.54) is 21.6 Å². The molecule has 4 nitrogen and oxygen atoms in total. The minimum Gasteiger partial charge on any atom is -0.333 e. The first kappa shape index (κ1) is 19.6. The van der Waals surface area contributed by atoms with Crippen LogP contribution in [0.3, 0.4) is 0 Å². The summed E-state index contributed by atoms with van der Waals surface area (Å²) >= 11 is 3.13. The largest absolute Gasteiger partial charge is 0.416 e. The highest BCUT2D eigenvalue weighted by Crippen LogP contribution is 2.30. The van der Waals surface area contributed by atoms with Crippen LogP contribution >= 0.6 is 15.9 Å². The van der Waals surface area contributed by atoms with E-state index >= 15 is 0 Å². The molecular formula is C18H15BrF4N2O2. The molecule has 9 heteroatoms. The molecule has 0 N–H and O–H groups in total. The molecule has 1 aliphatic heterocycles. The first-order chi connectivity index (χ1) is 12.6. The van der Waals surface area contributed by atoms with Crippen LogP contribution < -0.4 is 5.56 Å². The number of pyridine rings is 1. The summed E-state index contributed by atoms with van der Waals surface area (Å²) in [5, 5.41) is 0. The average Bonchev–Trinajstić information content (AvgIpc) is 2.59. The zero-order valence-corrected chi connectivity index (χ0v) is 15.8. The molecule has 0 fully saturated rings. The van der Waals surface area contributed by atoms with Crippen molar-refractivity contribution in [1.29, 1.82) is 0 Å². The van der Waals surface area contributed by atoms with Gasteiger partial charge in [0.25, 0.3) is 11.5 Å². The van der Waals surface area contributed by atoms with Crippen LogP contribution in [0, 0.1) is 5.82 Å². The van der Waals surface area contributed by atoms with Crippen molar-refractivity contribution in [3.8, 4) is 0 Å². The lowest BCUT2D eigenvalue weighted by Gasteiger charge is -2.35. The van der Waals surface area contributed by atoms with E-state index in [-0.39, 0.29) is 42.4 Å². The van der Waals surface area contributed by atoms with Crippen LogP contribution in [-0.4, -0.2) is 28.0 Å². The number of halogens is 5. The molecule has 1 unspecified atom stereocenters. The zero-order valence-electron chi connectivity index (χ0n) is 14.2. The fraction of sp³-hybridized carbons (Fsp3) is 0.333. The lowest BCUT2D eigenvalue weighted by atomic mass is 10.0. The maximum Gasteiger partial charge on any atom is 0.416 e. The zero-order chi connectivity index (χ0) is 19.9. The molecule has 1 aliphatic rings. The number of carbonyl (C=O) groups excluding carboxylic acids is 1. The molecular weight excluding hydrogens is 432 g/mol. The number of nitrogens with zero attached hydrogens (tertiary/aromatic N) is 2. The van der Waals surface area contributed by atoms with Crippen molar-refractivity contribution in [2.45, 2.75) is 32.1 Å². The van der Waals surface area contributed by atoms with Gasteiger partial charge in [0.1, 0.15) is 11.5 Å². The lowest BCUT2D eigenvalue weighted by Crippen LogP contribution is -2.50. The second-order valence-electron chi connectivity index (χ2n) is 6.38. The summed E-state index contributed by atoms with van der Waals surface area (Å²) in [5.74, 6) is -1.16. The van der Waals surface area contributed by atoms with E-state index < -0.39 is 23.5 Å². The van der Waals surface area contributed by atoms with Gasteiger partial charge in [0.2, 0.25) is 0 Å². The van der Waals surface area contributed by atoms with Gasteiger partial charge in [0.05, 0.1) is 10.0 Å². The second-order valence-corrected chi connectivity index (χ2v) is 7.24. The second kappa shape index (κ2) is 7.10. The predicted molar refractivity (Wildman–Crippen MR) is 94.0 cm³/mol. The van der Waals surface area contributed by atoms with Crippen LogP contribution in [0.15, 0.2) is 39.6 Å². The number of aromatic nitrogens is 1. The Balaban J connectivity index is 1.84. The van der Waals surface area contributed by atoms with Gasteiger partial charge < -0.3 is 9.47 Å². The van der Waals surface area contributed by atoms with Gasteiger partial charge in [-0.2, -0.15) is 13.2 Å². The fourth-order valence-electron chi connectivity index (χ4n) is 3.14. The SMILES string of the molecule is CC1Cn2c(ccc(Br)c2=O)C(=O)N1CCc1cc(C(F)(F)F)ccc1F. The van der Waals surface area contributed by atoms with Crippen molar-refractivity contribution in [3.05, 3.63) is 67.8 Å². The highest BCUT2D eigenvalue weighted by atomic mass is 79.9. The molecule has 3 rings (SSSR count). The van der Waals surface area contributed by atoms with Gasteiger partial charge in [-0.05, 0) is 65.2 Å². The van der Waals surface area contributed by atoms with Gasteiger partial charge in [0, 0.05) is 19.1 Å². The van der Waals surface area contributed by atoms with Crippen molar-refractivity contribution < 1.29 is 22.4 Å². The van der Waals surface area contributed by atoms with Crippen molar-refractivity contribution in [2.75, 3.05) is 6.54 Å². The number of rotatable bonds is 3. The van der Waals surface area contributed by atoms with E-state index in [4.69, 9.17) is 0 Å². The third-order valence-corrected chi connectivity index (χ3v) is 5.19. The Morgan fingerprint density at radius 2 is 1.89 bits per heavy atom. The maximum absolute atomic E-state index is 13.9. The standard InChI is InChI=1S/C18H15BrF4N2O2/c1-10-9-25-15(5-3-13(19)16(25)26)17(27)24(10)7-6-11-8-12(18(21,22)23)2-4-14(11)20/h2-5,8,10H,6-7,9H2,1H3. The minimum absolute atomic E-state index is 0.0441. The summed E-state index contributed by atoms with van der Waals surface area (Å²) < 4.78 is 54.1. The van der Waals surface area contributed by atoms with Crippen LogP contribution in [0.2, 0.25) is 0 Å². The Morgan fingerprint density at radius 1 is 1.19 bits per heavy atom. The monoisotopic (exact) mass is 446 g/mol. The molecule has 2 heterocycles. The van der Waals surface area contributed by atoms with E-state index in [1.54, 1.807) is 6.92 Å². The van der Waals surface area contributed by atoms with E-state index in [1.807, 2.05) is 0 Å². The Bertz CT molecular complexity index is 955. The molecule has 0 saturated heterocycles. The average molecular weight is 447 g/mol. The first-order valence-corrected chi connectivity index (χ1v) is 8.95. The molecule has 27 heavy (non-hydrogen) atoms. The highest BCUT2D eigenvalue weighted by molar-refractivity contribution is 9.10. The van der Waals surface area contributed by atoms with Crippen molar-refractivity contribution in [2.24, 2.45) is 0 Å². The predicted octanol–water partition coefficient (Wildman–Crippen LogP) is 3.86. The van der Waals surface area contributed by atoms with Crippen molar-refractivity contribution in [1.82, 2.24) is 9.47 Å². The number of alkyl halides is 3. The fourth-order valence-corrected chi connectivity index (χ4v) is 3.48. The summed E-state index contributed by atoms with van der Waals surface area (Å²) in [4.78, 5) is 26.3. The van der Waals surface area contributed by atoms with Crippen LogP contribution in [0.5, 0.6) is 0 Å². The van der Waals surface area contributed by atoms with Gasteiger partial charge >= 0.3 is 6.18 Å². The van der Waals surface area contributed by atoms with Gasteiger partial charge in [-0.3, -0.25) is 9.59 Å². The number of amides is 1. The lowest BCUT2D eigenvalue weighted by molar-refractivity contribution is -0.137. The summed E-state index contributed by atoms with van der Waals surface area (Å²) in [5.41, 5.74) is -1.16. The van der Waals surface area contributed by atoms with E-state index in [9.17, 15) is 27.2 Å². The molecule has 0 bridgehead atoms. The van der Waals surface area contributed by atoms with Gasteiger partial charge in [-0.25, -0.2) is 4.39 Å². The molecule has 0 saturated carbocycles. The molecule has 1 aromatic heterocycles. The summed E-state index contributed by atoms with van der Waals surface area (Å²) in [6, 6.07) is 4.87. The molecule has 0 spiro atoms. The van der Waals surface area contributed by atoms with Gasteiger partial charge in [0.15, 0.2) is 0 Å². The van der Waals surface area contributed by atoms with Crippen LogP contribution in [0.1, 0.15) is 28.5 Å². The summed E-state index contributed by atoms with van der Waals surface area (Å²) in [6.45, 7) is 2.03. The van der Waals surface area contributed by atoms with E-state index in [0.717, 1.165) is 12.1 Å². The van der Waals surface area contributed by atoms with Crippen LogP contribution in [0.25, 0.3) is 0 Å². The normalized spacial score (nSPS) is 17.2. The number of carbonyl (C=O) groups is 1. The third kappa shape index (κ3) is 3.78. The maximum atomic E-state index is 13.9. The number of hydrogen-bond acceptors (Lipinski definition) is 2. The first-order valence-electron chi connectivity index (χ1n) is 8.15. The van der Waals surface area contributed by atoms with Crippen molar-refractivity contribution >= 4 is 21.8 Å². The molecule has 2 aromatic rings. The topological polar surface area (TPSA) is 42.3 Å². The number of fused-ring (bicyclic) bond motifs is 1. The number of benzene rings is 1. The Hall–Kier alpha value is -2.16. The van der Waals surface area contributed by atoms with E-state index in [2.05, 4.69) is 15.9 Å². The Labute approximate surface area is 160 Å². The Kier molecular flexibility index (Phi) is 5.16. The number of hydrogen-bond donors (Lipinski definition) is 0. The van der Waals surface area contributed by atoms with Crippen molar-refractivity contribution in [3.63, 3.8) is 0 Å². The summed E-state index contributed by atoms with van der Waals surface area (Å²) in [7, 11) is 0. The molecule has 1 amide bonds. The molecule has 1 atom stereocenters. The minimum atomic E-state index is -4.57. The smallest absolute Gasteiger partial charge is 0.333 e. The third-order valence-electron chi connectivity index (χ3n) is 4.58. The highest BCUT2D eigenvalue weighted by Gasteiger charge is 2.32. The molecule has 144 valence electrons. The van der Waals surface area contributed by atoms with Crippen LogP contribution in [0.4, 0.5) is 17.6 Å².